The molecule has 0 saturated carbocycles. The SMILES string of the molecule is CCC(C)(C(=O)Nc1ccc(OC)cc1OC)N(Cc1ccc(F)cc1)C(=O)CN1C(=O)C(=O)c2ccccc21. The topological polar surface area (TPSA) is 105 Å². The number of carbonyl (C=O) groups is 4. The molecule has 0 radical (unpaired) electrons. The summed E-state index contributed by atoms with van der Waals surface area (Å²) in [5.41, 5.74) is 0.0824. The average molecular weight is 548 g/mol. The molecule has 0 aliphatic carbocycles. The van der Waals surface area contributed by atoms with Crippen molar-refractivity contribution in [2.45, 2.75) is 32.4 Å². The number of para-hydroxylation sites is 1. The standard InChI is InChI=1S/C30H30FN3O6/c1-5-30(2,29(38)32-23-15-14-21(39-3)16-25(23)40-4)34(17-19-10-12-20(31)13-11-19)26(35)18-33-24-9-7-6-8-22(24)27(36)28(33)37/h6-16H,5,17-18H2,1-4H3,(H,32,38). The summed E-state index contributed by atoms with van der Waals surface area (Å²) in [6, 6.07) is 16.9. The molecule has 10 heteroatoms. The van der Waals surface area contributed by atoms with Crippen LogP contribution in [0.2, 0.25) is 0 Å². The zero-order valence-corrected chi connectivity index (χ0v) is 22.7. The largest absolute Gasteiger partial charge is 0.497 e. The number of methoxy groups -OCH3 is 2. The summed E-state index contributed by atoms with van der Waals surface area (Å²) in [6.07, 6.45) is 0.202. The van der Waals surface area contributed by atoms with Crippen LogP contribution in [0.25, 0.3) is 0 Å². The van der Waals surface area contributed by atoms with Gasteiger partial charge in [-0.2, -0.15) is 0 Å². The lowest BCUT2D eigenvalue weighted by atomic mass is 9.93. The van der Waals surface area contributed by atoms with Gasteiger partial charge in [-0.25, -0.2) is 4.39 Å². The van der Waals surface area contributed by atoms with Crippen molar-refractivity contribution in [1.29, 1.82) is 0 Å². The number of rotatable bonds is 10. The molecule has 9 nitrogen and oxygen atoms in total. The van der Waals surface area contributed by atoms with E-state index in [1.807, 2.05) is 0 Å². The van der Waals surface area contributed by atoms with E-state index in [4.69, 9.17) is 9.47 Å². The van der Waals surface area contributed by atoms with Crippen molar-refractivity contribution in [2.24, 2.45) is 0 Å². The predicted molar refractivity (Wildman–Crippen MR) is 147 cm³/mol. The lowest BCUT2D eigenvalue weighted by Gasteiger charge is -2.40. The second kappa shape index (κ2) is 11.6. The fourth-order valence-electron chi connectivity index (χ4n) is 4.57. The maximum absolute atomic E-state index is 13.9. The Morgan fingerprint density at radius 1 is 1.00 bits per heavy atom. The molecule has 1 N–H and O–H groups in total. The number of benzene rings is 3. The van der Waals surface area contributed by atoms with Gasteiger partial charge in [0.05, 0.1) is 31.2 Å². The van der Waals surface area contributed by atoms with Crippen molar-refractivity contribution in [1.82, 2.24) is 4.90 Å². The summed E-state index contributed by atoms with van der Waals surface area (Å²) >= 11 is 0. The first-order valence-electron chi connectivity index (χ1n) is 12.7. The van der Waals surface area contributed by atoms with Crippen LogP contribution >= 0.6 is 0 Å². The molecular weight excluding hydrogens is 517 g/mol. The fourth-order valence-corrected chi connectivity index (χ4v) is 4.57. The van der Waals surface area contributed by atoms with Crippen molar-refractivity contribution in [3.63, 3.8) is 0 Å². The zero-order valence-electron chi connectivity index (χ0n) is 22.7. The Labute approximate surface area is 231 Å². The van der Waals surface area contributed by atoms with E-state index in [1.165, 1.54) is 49.5 Å². The molecule has 1 atom stereocenters. The minimum Gasteiger partial charge on any atom is -0.497 e. The van der Waals surface area contributed by atoms with Crippen molar-refractivity contribution < 1.29 is 33.0 Å². The minimum atomic E-state index is -1.41. The smallest absolute Gasteiger partial charge is 0.299 e. The maximum Gasteiger partial charge on any atom is 0.299 e. The van der Waals surface area contributed by atoms with Gasteiger partial charge in [0, 0.05) is 12.6 Å². The molecule has 0 spiro atoms. The highest BCUT2D eigenvalue weighted by Crippen LogP contribution is 2.33. The van der Waals surface area contributed by atoms with Crippen LogP contribution < -0.4 is 19.7 Å². The number of ketones is 1. The zero-order chi connectivity index (χ0) is 29.0. The van der Waals surface area contributed by atoms with Crippen LogP contribution in [0.15, 0.2) is 66.7 Å². The molecule has 40 heavy (non-hydrogen) atoms. The van der Waals surface area contributed by atoms with Gasteiger partial charge in [-0.1, -0.05) is 31.2 Å². The van der Waals surface area contributed by atoms with Gasteiger partial charge in [0.1, 0.15) is 29.4 Å². The van der Waals surface area contributed by atoms with Crippen LogP contribution in [0.1, 0.15) is 36.2 Å². The van der Waals surface area contributed by atoms with E-state index >= 15 is 0 Å². The molecule has 3 aromatic carbocycles. The molecule has 1 aliphatic heterocycles. The normalized spacial score (nSPS) is 13.9. The van der Waals surface area contributed by atoms with E-state index in [0.29, 0.717) is 28.4 Å². The number of Topliss-reactive ketones (excluding diaryl/α,β-unsaturated/α-hetero) is 1. The monoisotopic (exact) mass is 547 g/mol. The third-order valence-electron chi connectivity index (χ3n) is 7.16. The van der Waals surface area contributed by atoms with Crippen LogP contribution in [0, 0.1) is 5.82 Å². The van der Waals surface area contributed by atoms with Crippen molar-refractivity contribution in [2.75, 3.05) is 31.0 Å². The number of amides is 3. The highest BCUT2D eigenvalue weighted by molar-refractivity contribution is 6.52. The third-order valence-corrected chi connectivity index (χ3v) is 7.16. The molecular formula is C30H30FN3O6. The molecule has 0 bridgehead atoms. The summed E-state index contributed by atoms with van der Waals surface area (Å²) in [5, 5.41) is 2.85. The molecule has 0 aromatic heterocycles. The fraction of sp³-hybridized carbons (Fsp3) is 0.267. The Balaban J connectivity index is 1.69. The molecule has 1 unspecified atom stereocenters. The van der Waals surface area contributed by atoms with Crippen LogP contribution in [-0.4, -0.2) is 54.7 Å². The number of hydrogen-bond acceptors (Lipinski definition) is 6. The summed E-state index contributed by atoms with van der Waals surface area (Å²) in [7, 11) is 2.97. The van der Waals surface area contributed by atoms with E-state index in [1.54, 1.807) is 50.2 Å². The first-order valence-corrected chi connectivity index (χ1v) is 12.7. The van der Waals surface area contributed by atoms with Crippen LogP contribution in [0.3, 0.4) is 0 Å². The Bertz CT molecular complexity index is 1460. The van der Waals surface area contributed by atoms with Gasteiger partial charge in [-0.3, -0.25) is 24.1 Å². The first kappa shape index (κ1) is 28.3. The first-order chi connectivity index (χ1) is 19.1. The lowest BCUT2D eigenvalue weighted by Crippen LogP contribution is -2.58. The Kier molecular flexibility index (Phi) is 8.18. The number of nitrogens with one attached hydrogen (secondary N) is 1. The lowest BCUT2D eigenvalue weighted by molar-refractivity contribution is -0.145. The highest BCUT2D eigenvalue weighted by Gasteiger charge is 2.44. The van der Waals surface area contributed by atoms with Crippen LogP contribution in [0.5, 0.6) is 11.5 Å². The highest BCUT2D eigenvalue weighted by atomic mass is 19.1. The molecule has 0 saturated heterocycles. The van der Waals surface area contributed by atoms with Gasteiger partial charge in [-0.15, -0.1) is 0 Å². The third kappa shape index (κ3) is 5.38. The second-order valence-corrected chi connectivity index (χ2v) is 9.49. The number of fused-ring (bicyclic) bond motifs is 1. The van der Waals surface area contributed by atoms with E-state index in [0.717, 1.165) is 4.90 Å². The minimum absolute atomic E-state index is 0.0474. The number of anilines is 2. The van der Waals surface area contributed by atoms with E-state index in [2.05, 4.69) is 5.32 Å². The van der Waals surface area contributed by atoms with Crippen molar-refractivity contribution in [3.05, 3.63) is 83.7 Å². The van der Waals surface area contributed by atoms with Gasteiger partial charge in [0.2, 0.25) is 11.8 Å². The molecule has 1 aliphatic rings. The average Bonchev–Trinajstić information content (AvgIpc) is 3.21. The van der Waals surface area contributed by atoms with E-state index < -0.39 is 41.4 Å². The van der Waals surface area contributed by atoms with Gasteiger partial charge in [-0.05, 0) is 55.3 Å². The quantitative estimate of drug-likeness (QED) is 0.382. The Hall–Kier alpha value is -4.73. The van der Waals surface area contributed by atoms with Gasteiger partial charge >= 0.3 is 0 Å². The maximum atomic E-state index is 13.9. The van der Waals surface area contributed by atoms with Gasteiger partial charge < -0.3 is 19.7 Å². The molecule has 208 valence electrons. The molecule has 1 heterocycles. The van der Waals surface area contributed by atoms with E-state index in [9.17, 15) is 23.6 Å². The molecule has 3 amide bonds. The number of nitrogens with zero attached hydrogens (tertiary/aromatic N) is 2. The predicted octanol–water partition coefficient (Wildman–Crippen LogP) is 4.21. The second-order valence-electron chi connectivity index (χ2n) is 9.49. The Morgan fingerprint density at radius 2 is 1.70 bits per heavy atom. The number of hydrogen-bond donors (Lipinski definition) is 1. The van der Waals surface area contributed by atoms with Gasteiger partial charge in [0.25, 0.3) is 11.7 Å². The van der Waals surface area contributed by atoms with Gasteiger partial charge in [0.15, 0.2) is 0 Å². The Morgan fingerprint density at radius 3 is 2.35 bits per heavy atom. The number of halogens is 1. The van der Waals surface area contributed by atoms with Crippen molar-refractivity contribution in [3.8, 4) is 11.5 Å². The van der Waals surface area contributed by atoms with Crippen LogP contribution in [0.4, 0.5) is 15.8 Å². The molecule has 0 fully saturated rings. The molecule has 3 aromatic rings. The van der Waals surface area contributed by atoms with E-state index in [-0.39, 0.29) is 18.5 Å². The number of ether oxygens (including phenoxy) is 2. The summed E-state index contributed by atoms with van der Waals surface area (Å²) in [6.45, 7) is 2.87. The number of carbonyl (C=O) groups excluding carboxylic acids is 4. The van der Waals surface area contributed by atoms with Crippen molar-refractivity contribution >= 4 is 34.9 Å². The summed E-state index contributed by atoms with van der Waals surface area (Å²) in [5.74, 6) is -2.13. The molecule has 4 rings (SSSR count). The van der Waals surface area contributed by atoms with Crippen LogP contribution in [-0.2, 0) is 20.9 Å². The summed E-state index contributed by atoms with van der Waals surface area (Å²) in [4.78, 5) is 55.6. The summed E-state index contributed by atoms with van der Waals surface area (Å²) < 4.78 is 24.3.